The lowest BCUT2D eigenvalue weighted by Crippen LogP contribution is -2.27. The SMILES string of the molecule is CCN(CC)[SiH2][SiH3]. The molecule has 0 aromatic heterocycles. The number of hydrogen-bond donors (Lipinski definition) is 0. The average Bonchev–Trinajstić information content (AvgIpc) is 1.72. The van der Waals surface area contributed by atoms with Gasteiger partial charge in [0, 0.05) is 9.76 Å². The van der Waals surface area contributed by atoms with Crippen molar-refractivity contribution in [2.75, 3.05) is 13.1 Å². The van der Waals surface area contributed by atoms with Crippen molar-refractivity contribution in [3.63, 3.8) is 0 Å². The summed E-state index contributed by atoms with van der Waals surface area (Å²) in [7, 11) is 1.76. The first-order valence-electron chi connectivity index (χ1n) is 3.07. The molecule has 0 atom stereocenters. The van der Waals surface area contributed by atoms with Crippen LogP contribution >= 0.6 is 0 Å². The fraction of sp³-hybridized carbons (Fsp3) is 1.00. The van der Waals surface area contributed by atoms with Gasteiger partial charge in [0.1, 0.15) is 0 Å². The molecule has 44 valence electrons. The van der Waals surface area contributed by atoms with E-state index in [4.69, 9.17) is 0 Å². The van der Waals surface area contributed by atoms with Crippen LogP contribution in [-0.4, -0.2) is 36.6 Å². The molecule has 0 aliphatic rings. The van der Waals surface area contributed by atoms with Gasteiger partial charge in [-0.2, -0.15) is 0 Å². The summed E-state index contributed by atoms with van der Waals surface area (Å²) < 4.78 is 2.58. The molecular weight excluding hydrogens is 118 g/mol. The molecule has 0 aromatic carbocycles. The van der Waals surface area contributed by atoms with Crippen molar-refractivity contribution in [2.45, 2.75) is 13.8 Å². The van der Waals surface area contributed by atoms with Gasteiger partial charge in [0.05, 0.1) is 9.20 Å². The zero-order valence-electron chi connectivity index (χ0n) is 5.57. The van der Waals surface area contributed by atoms with Gasteiger partial charge in [-0.1, -0.05) is 13.8 Å². The zero-order chi connectivity index (χ0) is 5.70. The highest BCUT2D eigenvalue weighted by Crippen LogP contribution is 1.77. The van der Waals surface area contributed by atoms with Crippen molar-refractivity contribution >= 4 is 19.0 Å². The Balaban J connectivity index is 2.99. The standard InChI is InChI=1S/C4H15NSi2/c1-3-5(4-2)7-6/h3-4,7H2,1-2,6H3. The highest BCUT2D eigenvalue weighted by molar-refractivity contribution is 6.87. The Hall–Kier alpha value is 0.394. The van der Waals surface area contributed by atoms with Gasteiger partial charge in [0.2, 0.25) is 0 Å². The lowest BCUT2D eigenvalue weighted by Gasteiger charge is -2.13. The monoisotopic (exact) mass is 133 g/mol. The van der Waals surface area contributed by atoms with Crippen LogP contribution in [0.4, 0.5) is 0 Å². The Morgan fingerprint density at radius 3 is 1.86 bits per heavy atom. The van der Waals surface area contributed by atoms with Crippen LogP contribution in [0.15, 0.2) is 0 Å². The molecule has 0 N–H and O–H groups in total. The largest absolute Gasteiger partial charge is 0.333 e. The van der Waals surface area contributed by atoms with E-state index in [0.717, 1.165) is 0 Å². The van der Waals surface area contributed by atoms with Gasteiger partial charge in [-0.25, -0.2) is 0 Å². The normalized spacial score (nSPS) is 12.4. The molecule has 3 heteroatoms. The zero-order valence-corrected chi connectivity index (χ0v) is 8.98. The molecule has 0 aliphatic carbocycles. The molecule has 0 unspecified atom stereocenters. The maximum atomic E-state index is 2.58. The first kappa shape index (κ1) is 7.39. The van der Waals surface area contributed by atoms with E-state index in [2.05, 4.69) is 18.4 Å². The van der Waals surface area contributed by atoms with E-state index in [1.807, 2.05) is 0 Å². The van der Waals surface area contributed by atoms with Crippen LogP contribution in [0.1, 0.15) is 13.8 Å². The second kappa shape index (κ2) is 4.55. The molecule has 7 heavy (non-hydrogen) atoms. The second-order valence-electron chi connectivity index (χ2n) is 1.62. The summed E-state index contributed by atoms with van der Waals surface area (Å²) in [5.41, 5.74) is 0. The van der Waals surface area contributed by atoms with Crippen molar-refractivity contribution in [2.24, 2.45) is 0 Å². The Labute approximate surface area is 51.2 Å². The van der Waals surface area contributed by atoms with E-state index in [1.165, 1.54) is 22.8 Å². The number of hydrogen-bond acceptors (Lipinski definition) is 1. The number of nitrogens with zero attached hydrogens (tertiary/aromatic N) is 1. The summed E-state index contributed by atoms with van der Waals surface area (Å²) in [6, 6.07) is 0. The molecule has 0 rings (SSSR count). The quantitative estimate of drug-likeness (QED) is 0.432. The molecule has 0 fully saturated rings. The van der Waals surface area contributed by atoms with Gasteiger partial charge < -0.3 is 4.57 Å². The van der Waals surface area contributed by atoms with Gasteiger partial charge in [0.25, 0.3) is 0 Å². The minimum atomic E-state index is 0.300. The molecule has 0 amide bonds. The van der Waals surface area contributed by atoms with E-state index in [-0.39, 0.29) is 0 Å². The van der Waals surface area contributed by atoms with Gasteiger partial charge in [-0.3, -0.25) is 0 Å². The molecule has 1 nitrogen and oxygen atoms in total. The summed E-state index contributed by atoms with van der Waals surface area (Å²) in [6.45, 7) is 7.06. The minimum Gasteiger partial charge on any atom is -0.333 e. The molecule has 0 radical (unpaired) electrons. The molecule has 0 aromatic rings. The summed E-state index contributed by atoms with van der Waals surface area (Å²) in [5.74, 6) is 0. The van der Waals surface area contributed by atoms with Gasteiger partial charge in [-0.15, -0.1) is 0 Å². The average molecular weight is 133 g/mol. The van der Waals surface area contributed by atoms with Gasteiger partial charge >= 0.3 is 0 Å². The Bertz CT molecular complexity index is 31.2. The van der Waals surface area contributed by atoms with Crippen LogP contribution in [0.25, 0.3) is 0 Å². The fourth-order valence-electron chi connectivity index (χ4n) is 0.671. The summed E-state index contributed by atoms with van der Waals surface area (Å²) in [6.07, 6.45) is 0. The van der Waals surface area contributed by atoms with Crippen LogP contribution in [0.2, 0.25) is 0 Å². The number of rotatable bonds is 3. The van der Waals surface area contributed by atoms with E-state index < -0.39 is 0 Å². The van der Waals surface area contributed by atoms with Crippen LogP contribution in [0.5, 0.6) is 0 Å². The Kier molecular flexibility index (Phi) is 4.81. The molecule has 0 saturated heterocycles. The van der Waals surface area contributed by atoms with Crippen molar-refractivity contribution in [1.29, 1.82) is 0 Å². The lowest BCUT2D eigenvalue weighted by atomic mass is 10.7. The Morgan fingerprint density at radius 2 is 1.86 bits per heavy atom. The van der Waals surface area contributed by atoms with E-state index >= 15 is 0 Å². The topological polar surface area (TPSA) is 3.24 Å². The first-order chi connectivity index (χ1) is 3.35. The highest BCUT2D eigenvalue weighted by Gasteiger charge is 1.89. The lowest BCUT2D eigenvalue weighted by molar-refractivity contribution is 0.501. The molecule has 0 saturated carbocycles. The third-order valence-electron chi connectivity index (χ3n) is 1.34. The van der Waals surface area contributed by atoms with E-state index in [0.29, 0.717) is 9.20 Å². The Morgan fingerprint density at radius 1 is 1.43 bits per heavy atom. The van der Waals surface area contributed by atoms with Crippen molar-refractivity contribution in [1.82, 2.24) is 4.57 Å². The van der Waals surface area contributed by atoms with Gasteiger partial charge in [0.15, 0.2) is 0 Å². The molecule has 0 aliphatic heterocycles. The molecule has 0 bridgehead atoms. The second-order valence-corrected chi connectivity index (χ2v) is 5.04. The smallest absolute Gasteiger partial charge is 0.0756 e. The van der Waals surface area contributed by atoms with Crippen molar-refractivity contribution < 1.29 is 0 Å². The van der Waals surface area contributed by atoms with Crippen LogP contribution in [0.3, 0.4) is 0 Å². The summed E-state index contributed by atoms with van der Waals surface area (Å²) in [5, 5.41) is 0. The summed E-state index contributed by atoms with van der Waals surface area (Å²) >= 11 is 0. The van der Waals surface area contributed by atoms with Crippen LogP contribution in [-0.2, 0) is 0 Å². The summed E-state index contributed by atoms with van der Waals surface area (Å²) in [4.78, 5) is 0. The van der Waals surface area contributed by atoms with Crippen LogP contribution in [0, 0.1) is 0 Å². The third-order valence-corrected chi connectivity index (χ3v) is 5.81. The van der Waals surface area contributed by atoms with Crippen LogP contribution < -0.4 is 0 Å². The minimum absolute atomic E-state index is 0.300. The maximum Gasteiger partial charge on any atom is 0.0756 e. The fourth-order valence-corrected chi connectivity index (χ4v) is 4.25. The molecule has 0 heterocycles. The highest BCUT2D eigenvalue weighted by atomic mass is 29.1. The molecular formula is C4H15NSi2. The van der Waals surface area contributed by atoms with Crippen molar-refractivity contribution in [3.05, 3.63) is 0 Å². The van der Waals surface area contributed by atoms with Gasteiger partial charge in [-0.05, 0) is 13.1 Å². The molecule has 0 spiro atoms. The predicted octanol–water partition coefficient (Wildman–Crippen LogP) is -1.31. The van der Waals surface area contributed by atoms with E-state index in [9.17, 15) is 0 Å². The third kappa shape index (κ3) is 3.02. The maximum absolute atomic E-state index is 2.58. The van der Waals surface area contributed by atoms with Crippen molar-refractivity contribution in [3.8, 4) is 0 Å². The van der Waals surface area contributed by atoms with E-state index in [1.54, 1.807) is 0 Å². The predicted molar refractivity (Wildman–Crippen MR) is 41.4 cm³/mol. The first-order valence-corrected chi connectivity index (χ1v) is 9.36.